The van der Waals surface area contributed by atoms with E-state index in [9.17, 15) is 4.79 Å². The normalized spacial score (nSPS) is 10.4. The molecule has 0 bridgehead atoms. The molecule has 3 N–H and O–H groups in total. The molecule has 0 aliphatic rings. The highest BCUT2D eigenvalue weighted by Gasteiger charge is 2.12. The van der Waals surface area contributed by atoms with E-state index in [1.54, 1.807) is 6.07 Å². The minimum atomic E-state index is -0.105. The SMILES string of the molecule is Cc1ccc(NC(=O)c2cc(N)c(C)s2)c(C)c1. The van der Waals surface area contributed by atoms with Crippen LogP contribution in [-0.4, -0.2) is 5.91 Å². The minimum absolute atomic E-state index is 0.105. The Morgan fingerprint density at radius 3 is 2.50 bits per heavy atom. The van der Waals surface area contributed by atoms with Crippen LogP contribution in [0.2, 0.25) is 0 Å². The van der Waals surface area contributed by atoms with Gasteiger partial charge in [0, 0.05) is 16.3 Å². The molecule has 0 spiro atoms. The molecule has 2 aromatic rings. The van der Waals surface area contributed by atoms with Gasteiger partial charge in [0.1, 0.15) is 0 Å². The van der Waals surface area contributed by atoms with E-state index in [4.69, 9.17) is 5.73 Å². The molecule has 0 atom stereocenters. The first kappa shape index (κ1) is 12.6. The Bertz CT molecular complexity index is 582. The summed E-state index contributed by atoms with van der Waals surface area (Å²) < 4.78 is 0. The van der Waals surface area contributed by atoms with Gasteiger partial charge in [-0.3, -0.25) is 4.79 Å². The summed E-state index contributed by atoms with van der Waals surface area (Å²) in [6.45, 7) is 5.92. The van der Waals surface area contributed by atoms with E-state index in [0.29, 0.717) is 10.6 Å². The molecule has 0 unspecified atom stereocenters. The molecule has 1 aromatic heterocycles. The van der Waals surface area contributed by atoms with Crippen LogP contribution >= 0.6 is 11.3 Å². The van der Waals surface area contributed by atoms with E-state index >= 15 is 0 Å². The van der Waals surface area contributed by atoms with E-state index in [1.165, 1.54) is 16.9 Å². The number of amides is 1. The van der Waals surface area contributed by atoms with Gasteiger partial charge < -0.3 is 11.1 Å². The van der Waals surface area contributed by atoms with E-state index in [2.05, 4.69) is 5.32 Å². The molecule has 0 fully saturated rings. The van der Waals surface area contributed by atoms with Crippen molar-refractivity contribution in [2.45, 2.75) is 20.8 Å². The quantitative estimate of drug-likeness (QED) is 0.868. The second kappa shape index (κ2) is 4.82. The maximum absolute atomic E-state index is 12.1. The van der Waals surface area contributed by atoms with Crippen molar-refractivity contribution in [3.05, 3.63) is 45.1 Å². The van der Waals surface area contributed by atoms with Gasteiger partial charge in [-0.2, -0.15) is 0 Å². The summed E-state index contributed by atoms with van der Waals surface area (Å²) in [4.78, 5) is 13.7. The van der Waals surface area contributed by atoms with E-state index < -0.39 is 0 Å². The van der Waals surface area contributed by atoms with Crippen molar-refractivity contribution in [2.75, 3.05) is 11.1 Å². The Balaban J connectivity index is 2.21. The molecule has 0 saturated carbocycles. The van der Waals surface area contributed by atoms with Gasteiger partial charge in [0.05, 0.1) is 4.88 Å². The zero-order valence-electron chi connectivity index (χ0n) is 10.7. The van der Waals surface area contributed by atoms with Crippen molar-refractivity contribution in [3.8, 4) is 0 Å². The molecular formula is C14H16N2OS. The van der Waals surface area contributed by atoms with E-state index in [1.807, 2.05) is 39.0 Å². The first-order valence-electron chi connectivity index (χ1n) is 5.72. The zero-order chi connectivity index (χ0) is 13.3. The van der Waals surface area contributed by atoms with Crippen LogP contribution in [0.4, 0.5) is 11.4 Å². The van der Waals surface area contributed by atoms with Gasteiger partial charge in [-0.25, -0.2) is 0 Å². The van der Waals surface area contributed by atoms with Crippen LogP contribution in [0.5, 0.6) is 0 Å². The lowest BCUT2D eigenvalue weighted by Gasteiger charge is -2.07. The number of carbonyl (C=O) groups is 1. The Kier molecular flexibility index (Phi) is 3.39. The number of carbonyl (C=O) groups excluding carboxylic acids is 1. The van der Waals surface area contributed by atoms with E-state index in [0.717, 1.165) is 16.1 Å². The van der Waals surface area contributed by atoms with Crippen molar-refractivity contribution < 1.29 is 4.79 Å². The smallest absolute Gasteiger partial charge is 0.265 e. The monoisotopic (exact) mass is 260 g/mol. The third-order valence-electron chi connectivity index (χ3n) is 2.81. The van der Waals surface area contributed by atoms with Gasteiger partial charge >= 0.3 is 0 Å². The summed E-state index contributed by atoms with van der Waals surface area (Å²) in [5.41, 5.74) is 9.51. The molecule has 1 heterocycles. The van der Waals surface area contributed by atoms with Crippen LogP contribution < -0.4 is 11.1 Å². The third kappa shape index (κ3) is 2.54. The fourth-order valence-electron chi connectivity index (χ4n) is 1.75. The van der Waals surface area contributed by atoms with Crippen LogP contribution in [-0.2, 0) is 0 Å². The van der Waals surface area contributed by atoms with E-state index in [-0.39, 0.29) is 5.91 Å². The number of nitrogen functional groups attached to an aromatic ring is 1. The lowest BCUT2D eigenvalue weighted by atomic mass is 10.1. The number of thiophene rings is 1. The average molecular weight is 260 g/mol. The van der Waals surface area contributed by atoms with Gasteiger partial charge in [0.15, 0.2) is 0 Å². The summed E-state index contributed by atoms with van der Waals surface area (Å²) >= 11 is 1.41. The van der Waals surface area contributed by atoms with Crippen molar-refractivity contribution in [1.82, 2.24) is 0 Å². The maximum Gasteiger partial charge on any atom is 0.265 e. The van der Waals surface area contributed by atoms with Gasteiger partial charge in [0.2, 0.25) is 0 Å². The fraction of sp³-hybridized carbons (Fsp3) is 0.214. The van der Waals surface area contributed by atoms with Crippen LogP contribution in [0.25, 0.3) is 0 Å². The molecule has 0 aliphatic carbocycles. The molecule has 3 nitrogen and oxygen atoms in total. The number of aryl methyl sites for hydroxylation is 3. The molecule has 0 saturated heterocycles. The predicted molar refractivity (Wildman–Crippen MR) is 77.3 cm³/mol. The standard InChI is InChI=1S/C14H16N2OS/c1-8-4-5-12(9(2)6-8)16-14(17)13-7-11(15)10(3)18-13/h4-7H,15H2,1-3H3,(H,16,17). The van der Waals surface area contributed by atoms with Crippen LogP contribution in [0, 0.1) is 20.8 Å². The Labute approximate surface area is 111 Å². The molecular weight excluding hydrogens is 244 g/mol. The van der Waals surface area contributed by atoms with Crippen molar-refractivity contribution >= 4 is 28.6 Å². The molecule has 2 rings (SSSR count). The van der Waals surface area contributed by atoms with Crippen LogP contribution in [0.1, 0.15) is 25.7 Å². The number of hydrogen-bond donors (Lipinski definition) is 2. The lowest BCUT2D eigenvalue weighted by molar-refractivity contribution is 0.103. The lowest BCUT2D eigenvalue weighted by Crippen LogP contribution is -2.11. The van der Waals surface area contributed by atoms with Crippen molar-refractivity contribution in [3.63, 3.8) is 0 Å². The molecule has 0 radical (unpaired) electrons. The van der Waals surface area contributed by atoms with Crippen molar-refractivity contribution in [2.24, 2.45) is 0 Å². The summed E-state index contributed by atoms with van der Waals surface area (Å²) in [7, 11) is 0. The summed E-state index contributed by atoms with van der Waals surface area (Å²) in [6.07, 6.45) is 0. The molecule has 1 aromatic carbocycles. The molecule has 0 aliphatic heterocycles. The van der Waals surface area contributed by atoms with Crippen LogP contribution in [0.3, 0.4) is 0 Å². The number of anilines is 2. The summed E-state index contributed by atoms with van der Waals surface area (Å²) in [6, 6.07) is 7.67. The highest BCUT2D eigenvalue weighted by atomic mass is 32.1. The number of benzene rings is 1. The maximum atomic E-state index is 12.1. The average Bonchev–Trinajstić information content (AvgIpc) is 2.63. The number of rotatable bonds is 2. The molecule has 94 valence electrons. The second-order valence-corrected chi connectivity index (χ2v) is 5.65. The van der Waals surface area contributed by atoms with Gasteiger partial charge in [-0.1, -0.05) is 17.7 Å². The third-order valence-corrected chi connectivity index (χ3v) is 3.88. The summed E-state index contributed by atoms with van der Waals surface area (Å²) in [5.74, 6) is -0.105. The highest BCUT2D eigenvalue weighted by Crippen LogP contribution is 2.25. The van der Waals surface area contributed by atoms with Gasteiger partial charge in [0.25, 0.3) is 5.91 Å². The Morgan fingerprint density at radius 1 is 1.22 bits per heavy atom. The fourth-order valence-corrected chi connectivity index (χ4v) is 2.58. The van der Waals surface area contributed by atoms with Gasteiger partial charge in [-0.05, 0) is 38.5 Å². The Morgan fingerprint density at radius 2 is 1.94 bits per heavy atom. The first-order valence-corrected chi connectivity index (χ1v) is 6.53. The number of nitrogens with one attached hydrogen (secondary N) is 1. The first-order chi connectivity index (χ1) is 8.47. The minimum Gasteiger partial charge on any atom is -0.398 e. The Hall–Kier alpha value is -1.81. The van der Waals surface area contributed by atoms with Gasteiger partial charge in [-0.15, -0.1) is 11.3 Å². The molecule has 18 heavy (non-hydrogen) atoms. The number of hydrogen-bond acceptors (Lipinski definition) is 3. The predicted octanol–water partition coefficient (Wildman–Crippen LogP) is 3.51. The molecule has 4 heteroatoms. The molecule has 1 amide bonds. The number of nitrogens with two attached hydrogens (primary N) is 1. The van der Waals surface area contributed by atoms with Crippen molar-refractivity contribution in [1.29, 1.82) is 0 Å². The zero-order valence-corrected chi connectivity index (χ0v) is 11.5. The topological polar surface area (TPSA) is 55.1 Å². The summed E-state index contributed by atoms with van der Waals surface area (Å²) in [5, 5.41) is 2.91. The second-order valence-electron chi connectivity index (χ2n) is 4.39. The highest BCUT2D eigenvalue weighted by molar-refractivity contribution is 7.14. The van der Waals surface area contributed by atoms with Crippen LogP contribution in [0.15, 0.2) is 24.3 Å². The largest absolute Gasteiger partial charge is 0.398 e.